The minimum absolute atomic E-state index is 0.440. The summed E-state index contributed by atoms with van der Waals surface area (Å²) in [5.41, 5.74) is 0.440. The largest absolute Gasteiger partial charge is 0.311 e. The molecular formula is C15H30N2. The van der Waals surface area contributed by atoms with Gasteiger partial charge in [-0.1, -0.05) is 27.2 Å². The summed E-state index contributed by atoms with van der Waals surface area (Å²) in [5, 5.41) is 3.76. The molecule has 1 saturated heterocycles. The molecule has 2 rings (SSSR count). The Morgan fingerprint density at radius 1 is 1.35 bits per heavy atom. The van der Waals surface area contributed by atoms with Crippen LogP contribution in [-0.2, 0) is 0 Å². The van der Waals surface area contributed by atoms with E-state index < -0.39 is 0 Å². The molecule has 0 spiro atoms. The summed E-state index contributed by atoms with van der Waals surface area (Å²) in [5.74, 6) is 1.79. The maximum atomic E-state index is 3.76. The second-order valence-electron chi connectivity index (χ2n) is 6.54. The zero-order valence-electron chi connectivity index (χ0n) is 12.1. The molecule has 3 unspecified atom stereocenters. The van der Waals surface area contributed by atoms with Gasteiger partial charge in [0.05, 0.1) is 0 Å². The van der Waals surface area contributed by atoms with Gasteiger partial charge in [-0.2, -0.15) is 0 Å². The lowest BCUT2D eigenvalue weighted by Crippen LogP contribution is -2.64. The fourth-order valence-electron chi connectivity index (χ4n) is 3.17. The molecule has 1 aliphatic carbocycles. The average molecular weight is 238 g/mol. The summed E-state index contributed by atoms with van der Waals surface area (Å²) in [6.07, 6.45) is 5.47. The van der Waals surface area contributed by atoms with E-state index in [-0.39, 0.29) is 0 Å². The minimum atomic E-state index is 0.440. The molecule has 1 heterocycles. The van der Waals surface area contributed by atoms with Crippen molar-refractivity contribution in [1.82, 2.24) is 10.2 Å². The molecule has 17 heavy (non-hydrogen) atoms. The average Bonchev–Trinajstić information content (AvgIpc) is 3.16. The summed E-state index contributed by atoms with van der Waals surface area (Å²) in [7, 11) is 0. The van der Waals surface area contributed by atoms with Crippen LogP contribution in [0.5, 0.6) is 0 Å². The third kappa shape index (κ3) is 2.85. The zero-order valence-corrected chi connectivity index (χ0v) is 12.1. The van der Waals surface area contributed by atoms with E-state index in [1.807, 2.05) is 0 Å². The molecule has 0 amide bonds. The molecule has 2 heteroatoms. The van der Waals surface area contributed by atoms with Gasteiger partial charge in [0.25, 0.3) is 0 Å². The molecular weight excluding hydrogens is 208 g/mol. The van der Waals surface area contributed by atoms with Crippen LogP contribution in [-0.4, -0.2) is 36.1 Å². The van der Waals surface area contributed by atoms with Crippen LogP contribution >= 0.6 is 0 Å². The second kappa shape index (κ2) is 5.27. The SMILES string of the molecule is CCC(C)CN1CC(CC)NCC1(C)C1CC1. The lowest BCUT2D eigenvalue weighted by Gasteiger charge is -2.49. The summed E-state index contributed by atoms with van der Waals surface area (Å²) in [6, 6.07) is 0.714. The lowest BCUT2D eigenvalue weighted by atomic mass is 9.88. The molecule has 1 N–H and O–H groups in total. The van der Waals surface area contributed by atoms with Gasteiger partial charge in [-0.25, -0.2) is 0 Å². The summed E-state index contributed by atoms with van der Waals surface area (Å²) in [4.78, 5) is 2.81. The van der Waals surface area contributed by atoms with E-state index in [0.29, 0.717) is 11.6 Å². The molecule has 1 aliphatic heterocycles. The standard InChI is InChI=1S/C15H30N2/c1-5-12(3)9-17-10-14(6-2)16-11-15(17,4)13-7-8-13/h12-14,16H,5-11H2,1-4H3. The highest BCUT2D eigenvalue weighted by Gasteiger charge is 2.47. The van der Waals surface area contributed by atoms with Crippen LogP contribution in [0, 0.1) is 11.8 Å². The first-order valence-electron chi connectivity index (χ1n) is 7.58. The van der Waals surface area contributed by atoms with E-state index in [1.54, 1.807) is 0 Å². The first kappa shape index (κ1) is 13.4. The van der Waals surface area contributed by atoms with Crippen molar-refractivity contribution in [1.29, 1.82) is 0 Å². The van der Waals surface area contributed by atoms with Gasteiger partial charge in [0.2, 0.25) is 0 Å². The van der Waals surface area contributed by atoms with Crippen molar-refractivity contribution in [3.63, 3.8) is 0 Å². The molecule has 0 bridgehead atoms. The number of hydrogen-bond acceptors (Lipinski definition) is 2. The number of hydrogen-bond donors (Lipinski definition) is 1. The van der Waals surface area contributed by atoms with Gasteiger partial charge < -0.3 is 5.32 Å². The van der Waals surface area contributed by atoms with E-state index in [2.05, 4.69) is 37.9 Å². The van der Waals surface area contributed by atoms with Crippen molar-refractivity contribution in [3.8, 4) is 0 Å². The van der Waals surface area contributed by atoms with Crippen LogP contribution < -0.4 is 5.32 Å². The van der Waals surface area contributed by atoms with E-state index in [0.717, 1.165) is 11.8 Å². The maximum absolute atomic E-state index is 3.76. The molecule has 0 radical (unpaired) electrons. The van der Waals surface area contributed by atoms with E-state index in [9.17, 15) is 0 Å². The molecule has 0 aromatic heterocycles. The first-order chi connectivity index (χ1) is 8.10. The quantitative estimate of drug-likeness (QED) is 0.792. The predicted molar refractivity (Wildman–Crippen MR) is 74.2 cm³/mol. The highest BCUT2D eigenvalue weighted by molar-refractivity contribution is 5.04. The van der Waals surface area contributed by atoms with Gasteiger partial charge in [-0.15, -0.1) is 0 Å². The van der Waals surface area contributed by atoms with Crippen molar-refractivity contribution >= 4 is 0 Å². The van der Waals surface area contributed by atoms with Crippen molar-refractivity contribution in [2.75, 3.05) is 19.6 Å². The Bertz CT molecular complexity index is 247. The Morgan fingerprint density at radius 2 is 2.06 bits per heavy atom. The normalized spacial score (nSPS) is 37.1. The second-order valence-corrected chi connectivity index (χ2v) is 6.54. The maximum Gasteiger partial charge on any atom is 0.0334 e. The monoisotopic (exact) mass is 238 g/mol. The fourth-order valence-corrected chi connectivity index (χ4v) is 3.17. The number of nitrogens with one attached hydrogen (secondary N) is 1. The molecule has 100 valence electrons. The highest BCUT2D eigenvalue weighted by atomic mass is 15.3. The van der Waals surface area contributed by atoms with Crippen molar-refractivity contribution in [3.05, 3.63) is 0 Å². The van der Waals surface area contributed by atoms with Crippen LogP contribution in [0.1, 0.15) is 53.4 Å². The number of nitrogens with zero attached hydrogens (tertiary/aromatic N) is 1. The summed E-state index contributed by atoms with van der Waals surface area (Å²) < 4.78 is 0. The Labute approximate surface area is 107 Å². The lowest BCUT2D eigenvalue weighted by molar-refractivity contribution is 0.0225. The van der Waals surface area contributed by atoms with Gasteiger partial charge in [0.1, 0.15) is 0 Å². The number of piperazine rings is 1. The minimum Gasteiger partial charge on any atom is -0.311 e. The van der Waals surface area contributed by atoms with E-state index >= 15 is 0 Å². The van der Waals surface area contributed by atoms with Gasteiger partial charge in [-0.3, -0.25) is 4.90 Å². The molecule has 1 saturated carbocycles. The highest BCUT2D eigenvalue weighted by Crippen LogP contribution is 2.44. The zero-order chi connectivity index (χ0) is 12.5. The van der Waals surface area contributed by atoms with Gasteiger partial charge >= 0.3 is 0 Å². The van der Waals surface area contributed by atoms with Crippen LogP contribution in [0.15, 0.2) is 0 Å². The predicted octanol–water partition coefficient (Wildman–Crippen LogP) is 2.89. The van der Waals surface area contributed by atoms with Crippen LogP contribution in [0.3, 0.4) is 0 Å². The Morgan fingerprint density at radius 3 is 2.59 bits per heavy atom. The topological polar surface area (TPSA) is 15.3 Å². The number of rotatable bonds is 5. The fraction of sp³-hybridized carbons (Fsp3) is 1.00. The first-order valence-corrected chi connectivity index (χ1v) is 7.58. The van der Waals surface area contributed by atoms with Gasteiger partial charge in [0, 0.05) is 31.2 Å². The summed E-state index contributed by atoms with van der Waals surface area (Å²) in [6.45, 7) is 13.3. The molecule has 2 nitrogen and oxygen atoms in total. The Hall–Kier alpha value is -0.0800. The van der Waals surface area contributed by atoms with Crippen LogP contribution in [0.2, 0.25) is 0 Å². The van der Waals surface area contributed by atoms with Crippen molar-refractivity contribution in [2.45, 2.75) is 65.0 Å². The Balaban J connectivity index is 2.03. The molecule has 2 fully saturated rings. The third-order valence-corrected chi connectivity index (χ3v) is 5.09. The van der Waals surface area contributed by atoms with Crippen molar-refractivity contribution < 1.29 is 0 Å². The molecule has 0 aromatic carbocycles. The molecule has 3 atom stereocenters. The van der Waals surface area contributed by atoms with Gasteiger partial charge in [-0.05, 0) is 38.0 Å². The Kier molecular flexibility index (Phi) is 4.14. The van der Waals surface area contributed by atoms with Crippen LogP contribution in [0.25, 0.3) is 0 Å². The molecule has 2 aliphatic rings. The summed E-state index contributed by atoms with van der Waals surface area (Å²) >= 11 is 0. The van der Waals surface area contributed by atoms with Crippen LogP contribution in [0.4, 0.5) is 0 Å². The smallest absolute Gasteiger partial charge is 0.0334 e. The molecule has 0 aromatic rings. The van der Waals surface area contributed by atoms with Gasteiger partial charge in [0.15, 0.2) is 0 Å². The van der Waals surface area contributed by atoms with E-state index in [4.69, 9.17) is 0 Å². The van der Waals surface area contributed by atoms with E-state index in [1.165, 1.54) is 45.3 Å². The van der Waals surface area contributed by atoms with Crippen molar-refractivity contribution in [2.24, 2.45) is 11.8 Å². The third-order valence-electron chi connectivity index (χ3n) is 5.09.